The number of benzene rings is 2. The summed E-state index contributed by atoms with van der Waals surface area (Å²) >= 11 is 0. The topological polar surface area (TPSA) is 49.7 Å². The van der Waals surface area contributed by atoms with Gasteiger partial charge in [-0.15, -0.1) is 0 Å². The number of methoxy groups -OCH3 is 1. The summed E-state index contributed by atoms with van der Waals surface area (Å²) in [7, 11) is 1.65. The van der Waals surface area contributed by atoms with Crippen LogP contribution in [0.5, 0.6) is 11.5 Å². The summed E-state index contributed by atoms with van der Waals surface area (Å²) in [6.45, 7) is 5.69. The molecule has 3 aromatic rings. The zero-order chi connectivity index (χ0) is 20.4. The first kappa shape index (κ1) is 19.5. The van der Waals surface area contributed by atoms with Gasteiger partial charge in [-0.05, 0) is 67.8 Å². The number of hydrogen-bond donors (Lipinski definition) is 0. The van der Waals surface area contributed by atoms with Gasteiger partial charge in [-0.1, -0.05) is 12.1 Å². The van der Waals surface area contributed by atoms with Crippen molar-refractivity contribution in [2.24, 2.45) is 0 Å². The van der Waals surface area contributed by atoms with Crippen molar-refractivity contribution in [2.75, 3.05) is 20.3 Å². The zero-order valence-corrected chi connectivity index (χ0v) is 17.2. The van der Waals surface area contributed by atoms with Crippen molar-refractivity contribution in [3.63, 3.8) is 0 Å². The summed E-state index contributed by atoms with van der Waals surface area (Å²) in [5, 5.41) is 2.12. The predicted octanol–water partition coefficient (Wildman–Crippen LogP) is 4.71. The number of ether oxygens (including phenoxy) is 3. The molecule has 1 aliphatic rings. The number of ketones is 1. The van der Waals surface area contributed by atoms with Gasteiger partial charge < -0.3 is 18.8 Å². The van der Waals surface area contributed by atoms with Crippen LogP contribution in [0, 0.1) is 13.8 Å². The number of aryl methyl sites for hydroxylation is 1. The summed E-state index contributed by atoms with van der Waals surface area (Å²) in [4.78, 5) is 12.8. The van der Waals surface area contributed by atoms with E-state index in [0.29, 0.717) is 5.75 Å². The lowest BCUT2D eigenvalue weighted by molar-refractivity contribution is 0.0914. The molecule has 1 atom stereocenters. The number of fused-ring (bicyclic) bond motifs is 1. The molecule has 1 fully saturated rings. The van der Waals surface area contributed by atoms with Gasteiger partial charge in [0.2, 0.25) is 5.78 Å². The van der Waals surface area contributed by atoms with Crippen molar-refractivity contribution in [1.29, 1.82) is 0 Å². The summed E-state index contributed by atoms with van der Waals surface area (Å²) in [6, 6.07) is 13.7. The van der Waals surface area contributed by atoms with Gasteiger partial charge in [0.1, 0.15) is 11.5 Å². The standard InChI is InChI=1S/C24H27NO4/c1-16-11-23(17(2)25(16)14-22-5-4-10-28-22)24(26)15-29-21-9-7-18-6-8-20(27-3)12-19(18)13-21/h6-9,11-13,22H,4-5,10,14-15H2,1-3H3/t22-/m0/s1. The molecule has 1 saturated heterocycles. The number of carbonyl (C=O) groups excluding carboxylic acids is 1. The van der Waals surface area contributed by atoms with Crippen molar-refractivity contribution in [2.45, 2.75) is 39.3 Å². The third kappa shape index (κ3) is 4.15. The van der Waals surface area contributed by atoms with Crippen LogP contribution in [0.15, 0.2) is 42.5 Å². The van der Waals surface area contributed by atoms with Crippen LogP contribution in [0.3, 0.4) is 0 Å². The molecule has 0 saturated carbocycles. The molecule has 1 aromatic heterocycles. The molecule has 2 heterocycles. The van der Waals surface area contributed by atoms with E-state index < -0.39 is 0 Å². The summed E-state index contributed by atoms with van der Waals surface area (Å²) < 4.78 is 19.0. The first-order valence-electron chi connectivity index (χ1n) is 10.1. The summed E-state index contributed by atoms with van der Waals surface area (Å²) in [5.74, 6) is 1.46. The highest BCUT2D eigenvalue weighted by molar-refractivity contribution is 5.98. The van der Waals surface area contributed by atoms with Crippen molar-refractivity contribution >= 4 is 16.6 Å². The molecule has 152 valence electrons. The van der Waals surface area contributed by atoms with E-state index in [1.807, 2.05) is 56.3 Å². The SMILES string of the molecule is COc1ccc2ccc(OCC(=O)c3cc(C)n(C[C@@H]4CCCO4)c3C)cc2c1. The van der Waals surface area contributed by atoms with Gasteiger partial charge >= 0.3 is 0 Å². The van der Waals surface area contributed by atoms with Gasteiger partial charge in [-0.3, -0.25) is 4.79 Å². The number of carbonyl (C=O) groups is 1. The van der Waals surface area contributed by atoms with Gasteiger partial charge in [0.25, 0.3) is 0 Å². The molecular weight excluding hydrogens is 366 g/mol. The molecule has 4 rings (SSSR count). The minimum absolute atomic E-state index is 0.0116. The minimum atomic E-state index is -0.0116. The smallest absolute Gasteiger partial charge is 0.202 e. The third-order valence-corrected chi connectivity index (χ3v) is 5.67. The first-order valence-corrected chi connectivity index (χ1v) is 10.1. The van der Waals surface area contributed by atoms with Crippen molar-refractivity contribution < 1.29 is 19.0 Å². The molecule has 0 radical (unpaired) electrons. The lowest BCUT2D eigenvalue weighted by Gasteiger charge is -2.15. The highest BCUT2D eigenvalue weighted by atomic mass is 16.5. The fraction of sp³-hybridized carbons (Fsp3) is 0.375. The quantitative estimate of drug-likeness (QED) is 0.546. The summed E-state index contributed by atoms with van der Waals surface area (Å²) in [5.41, 5.74) is 2.79. The second kappa shape index (κ2) is 8.29. The zero-order valence-electron chi connectivity index (χ0n) is 17.2. The molecule has 0 amide bonds. The maximum Gasteiger partial charge on any atom is 0.202 e. The molecule has 0 bridgehead atoms. The Balaban J connectivity index is 1.46. The van der Waals surface area contributed by atoms with Crippen LogP contribution in [-0.2, 0) is 11.3 Å². The van der Waals surface area contributed by atoms with Gasteiger partial charge in [0, 0.05) is 30.1 Å². The molecule has 5 heteroatoms. The Kier molecular flexibility index (Phi) is 5.58. The highest BCUT2D eigenvalue weighted by Gasteiger charge is 2.21. The Morgan fingerprint density at radius 1 is 1.10 bits per heavy atom. The number of Topliss-reactive ketones (excluding diaryl/α,β-unsaturated/α-hetero) is 1. The van der Waals surface area contributed by atoms with E-state index in [9.17, 15) is 4.79 Å². The fourth-order valence-corrected chi connectivity index (χ4v) is 4.00. The normalized spacial score (nSPS) is 16.3. The Bertz CT molecular complexity index is 1030. The van der Waals surface area contributed by atoms with E-state index in [2.05, 4.69) is 4.57 Å². The van der Waals surface area contributed by atoms with Crippen LogP contribution in [-0.4, -0.2) is 36.8 Å². The molecule has 5 nitrogen and oxygen atoms in total. The maximum absolute atomic E-state index is 12.8. The summed E-state index contributed by atoms with van der Waals surface area (Å²) in [6.07, 6.45) is 2.44. The lowest BCUT2D eigenvalue weighted by atomic mass is 10.1. The average molecular weight is 393 g/mol. The average Bonchev–Trinajstić information content (AvgIpc) is 3.35. The van der Waals surface area contributed by atoms with Gasteiger partial charge in [0.05, 0.1) is 13.2 Å². The second-order valence-electron chi connectivity index (χ2n) is 7.62. The second-order valence-corrected chi connectivity index (χ2v) is 7.62. The van der Waals surface area contributed by atoms with Gasteiger partial charge in [0.15, 0.2) is 6.61 Å². The van der Waals surface area contributed by atoms with Crippen LogP contribution in [0.25, 0.3) is 10.8 Å². The molecule has 0 spiro atoms. The van der Waals surface area contributed by atoms with E-state index in [4.69, 9.17) is 14.2 Å². The monoisotopic (exact) mass is 393 g/mol. The van der Waals surface area contributed by atoms with Gasteiger partial charge in [-0.25, -0.2) is 0 Å². The van der Waals surface area contributed by atoms with Crippen molar-refractivity contribution in [3.05, 3.63) is 59.4 Å². The number of aromatic nitrogens is 1. The molecular formula is C24H27NO4. The number of hydrogen-bond acceptors (Lipinski definition) is 4. The highest BCUT2D eigenvalue weighted by Crippen LogP contribution is 2.25. The van der Waals surface area contributed by atoms with Crippen molar-refractivity contribution in [3.8, 4) is 11.5 Å². The van der Waals surface area contributed by atoms with E-state index in [-0.39, 0.29) is 18.5 Å². The van der Waals surface area contributed by atoms with E-state index >= 15 is 0 Å². The Morgan fingerprint density at radius 3 is 2.59 bits per heavy atom. The Morgan fingerprint density at radius 2 is 1.86 bits per heavy atom. The molecule has 0 aliphatic carbocycles. The largest absolute Gasteiger partial charge is 0.497 e. The molecule has 0 unspecified atom stereocenters. The maximum atomic E-state index is 12.8. The fourth-order valence-electron chi connectivity index (χ4n) is 4.00. The first-order chi connectivity index (χ1) is 14.0. The van der Waals surface area contributed by atoms with Crippen molar-refractivity contribution in [1.82, 2.24) is 4.57 Å². The number of nitrogens with zero attached hydrogens (tertiary/aromatic N) is 1. The van der Waals surface area contributed by atoms with Crippen LogP contribution >= 0.6 is 0 Å². The van der Waals surface area contributed by atoms with Crippen LogP contribution in [0.4, 0.5) is 0 Å². The minimum Gasteiger partial charge on any atom is -0.497 e. The van der Waals surface area contributed by atoms with E-state index in [1.54, 1.807) is 7.11 Å². The molecule has 0 N–H and O–H groups in total. The Hall–Kier alpha value is -2.79. The Labute approximate surface area is 171 Å². The van der Waals surface area contributed by atoms with E-state index in [1.165, 1.54) is 0 Å². The number of rotatable bonds is 7. The van der Waals surface area contributed by atoms with Crippen LogP contribution < -0.4 is 9.47 Å². The van der Waals surface area contributed by atoms with Crippen LogP contribution in [0.2, 0.25) is 0 Å². The molecule has 2 aromatic carbocycles. The predicted molar refractivity (Wildman–Crippen MR) is 113 cm³/mol. The van der Waals surface area contributed by atoms with E-state index in [0.717, 1.165) is 59.5 Å². The molecule has 1 aliphatic heterocycles. The third-order valence-electron chi connectivity index (χ3n) is 5.67. The lowest BCUT2D eigenvalue weighted by Crippen LogP contribution is -2.18. The van der Waals surface area contributed by atoms with Gasteiger partial charge in [-0.2, -0.15) is 0 Å². The van der Waals surface area contributed by atoms with Crippen LogP contribution in [0.1, 0.15) is 34.6 Å². The molecule has 29 heavy (non-hydrogen) atoms.